The van der Waals surface area contributed by atoms with Crippen molar-refractivity contribution in [3.05, 3.63) is 23.9 Å². The van der Waals surface area contributed by atoms with E-state index in [4.69, 9.17) is 0 Å². The van der Waals surface area contributed by atoms with E-state index in [9.17, 15) is 0 Å². The van der Waals surface area contributed by atoms with Crippen LogP contribution in [0.15, 0.2) is 18.2 Å². The average molecular weight is 221 g/mol. The summed E-state index contributed by atoms with van der Waals surface area (Å²) in [6, 6.07) is 6.73. The van der Waals surface area contributed by atoms with E-state index >= 15 is 0 Å². The standard InChI is InChI=1S/C13H23N3/c1-5-7-11(2)16(4)10-12-8-6-9-13(14-3)15-12/h6,8-9,11H,5,7,10H2,1-4H3,(H,14,15). The highest BCUT2D eigenvalue weighted by atomic mass is 15.1. The molecule has 1 aromatic heterocycles. The second-order valence-electron chi connectivity index (χ2n) is 4.32. The number of aromatic nitrogens is 1. The van der Waals surface area contributed by atoms with Gasteiger partial charge in [0.2, 0.25) is 0 Å². The van der Waals surface area contributed by atoms with Crippen molar-refractivity contribution in [1.29, 1.82) is 0 Å². The summed E-state index contributed by atoms with van der Waals surface area (Å²) >= 11 is 0. The molecular formula is C13H23N3. The van der Waals surface area contributed by atoms with Crippen LogP contribution in [-0.2, 0) is 6.54 Å². The first kappa shape index (κ1) is 13.0. The first-order valence-corrected chi connectivity index (χ1v) is 6.01. The summed E-state index contributed by atoms with van der Waals surface area (Å²) in [7, 11) is 4.06. The fourth-order valence-corrected chi connectivity index (χ4v) is 1.76. The largest absolute Gasteiger partial charge is 0.373 e. The van der Waals surface area contributed by atoms with E-state index in [0.717, 1.165) is 18.1 Å². The zero-order valence-electron chi connectivity index (χ0n) is 10.8. The molecule has 0 aliphatic rings. The van der Waals surface area contributed by atoms with Crippen LogP contribution in [0.1, 0.15) is 32.4 Å². The zero-order valence-corrected chi connectivity index (χ0v) is 10.8. The summed E-state index contributed by atoms with van der Waals surface area (Å²) in [6.45, 7) is 5.41. The molecule has 1 N–H and O–H groups in total. The summed E-state index contributed by atoms with van der Waals surface area (Å²) in [5, 5.41) is 3.07. The van der Waals surface area contributed by atoms with Crippen molar-refractivity contribution in [3.63, 3.8) is 0 Å². The van der Waals surface area contributed by atoms with Gasteiger partial charge in [0.25, 0.3) is 0 Å². The Kier molecular flexibility index (Phi) is 5.26. The van der Waals surface area contributed by atoms with Gasteiger partial charge in [0.05, 0.1) is 5.69 Å². The number of anilines is 1. The number of rotatable bonds is 6. The molecule has 90 valence electrons. The molecule has 0 bridgehead atoms. The van der Waals surface area contributed by atoms with Gasteiger partial charge in [0, 0.05) is 19.6 Å². The van der Waals surface area contributed by atoms with E-state index in [1.807, 2.05) is 19.2 Å². The lowest BCUT2D eigenvalue weighted by molar-refractivity contribution is 0.234. The lowest BCUT2D eigenvalue weighted by Gasteiger charge is -2.24. The molecule has 0 aliphatic carbocycles. The third-order valence-corrected chi connectivity index (χ3v) is 2.93. The summed E-state index contributed by atoms with van der Waals surface area (Å²) < 4.78 is 0. The normalized spacial score (nSPS) is 12.8. The minimum absolute atomic E-state index is 0.616. The summed E-state index contributed by atoms with van der Waals surface area (Å²) in [4.78, 5) is 6.87. The lowest BCUT2D eigenvalue weighted by Crippen LogP contribution is -2.28. The number of nitrogens with zero attached hydrogens (tertiary/aromatic N) is 2. The third kappa shape index (κ3) is 3.81. The van der Waals surface area contributed by atoms with E-state index in [0.29, 0.717) is 6.04 Å². The molecule has 0 saturated heterocycles. The highest BCUT2D eigenvalue weighted by Gasteiger charge is 2.09. The topological polar surface area (TPSA) is 28.2 Å². The Morgan fingerprint density at radius 1 is 1.44 bits per heavy atom. The first-order valence-electron chi connectivity index (χ1n) is 6.01. The highest BCUT2D eigenvalue weighted by molar-refractivity contribution is 5.34. The van der Waals surface area contributed by atoms with Gasteiger partial charge < -0.3 is 5.32 Å². The molecule has 1 rings (SSSR count). The molecule has 0 saturated carbocycles. The monoisotopic (exact) mass is 221 g/mol. The van der Waals surface area contributed by atoms with Gasteiger partial charge in [-0.25, -0.2) is 4.98 Å². The van der Waals surface area contributed by atoms with Gasteiger partial charge in [-0.1, -0.05) is 19.4 Å². The molecule has 3 nitrogen and oxygen atoms in total. The smallest absolute Gasteiger partial charge is 0.126 e. The van der Waals surface area contributed by atoms with Crippen LogP contribution >= 0.6 is 0 Å². The lowest BCUT2D eigenvalue weighted by atomic mass is 10.1. The van der Waals surface area contributed by atoms with E-state index in [-0.39, 0.29) is 0 Å². The second-order valence-corrected chi connectivity index (χ2v) is 4.32. The Labute approximate surface area is 98.9 Å². The summed E-state index contributed by atoms with van der Waals surface area (Å²) in [5.41, 5.74) is 1.12. The van der Waals surface area contributed by atoms with Gasteiger partial charge in [-0.3, -0.25) is 4.90 Å². The quantitative estimate of drug-likeness (QED) is 0.800. The van der Waals surface area contributed by atoms with E-state index in [2.05, 4.69) is 42.2 Å². The Hall–Kier alpha value is -1.09. The van der Waals surface area contributed by atoms with Crippen LogP contribution in [0, 0.1) is 0 Å². The van der Waals surface area contributed by atoms with E-state index < -0.39 is 0 Å². The van der Waals surface area contributed by atoms with Crippen LogP contribution in [0.2, 0.25) is 0 Å². The fourth-order valence-electron chi connectivity index (χ4n) is 1.76. The van der Waals surface area contributed by atoms with Crippen molar-refractivity contribution in [2.45, 2.75) is 39.3 Å². The predicted molar refractivity (Wildman–Crippen MR) is 69.6 cm³/mol. The first-order chi connectivity index (χ1) is 7.67. The molecule has 0 amide bonds. The maximum atomic E-state index is 4.52. The van der Waals surface area contributed by atoms with Crippen molar-refractivity contribution in [2.24, 2.45) is 0 Å². The minimum atomic E-state index is 0.616. The predicted octanol–water partition coefficient (Wildman–Crippen LogP) is 2.74. The summed E-state index contributed by atoms with van der Waals surface area (Å²) in [6.07, 6.45) is 2.47. The second kappa shape index (κ2) is 6.48. The molecule has 0 fully saturated rings. The molecular weight excluding hydrogens is 198 g/mol. The average Bonchev–Trinajstić information content (AvgIpc) is 2.29. The van der Waals surface area contributed by atoms with Crippen LogP contribution in [0.25, 0.3) is 0 Å². The van der Waals surface area contributed by atoms with Crippen molar-refractivity contribution in [1.82, 2.24) is 9.88 Å². The molecule has 16 heavy (non-hydrogen) atoms. The Morgan fingerprint density at radius 3 is 2.81 bits per heavy atom. The Bertz CT molecular complexity index is 312. The molecule has 3 heteroatoms. The minimum Gasteiger partial charge on any atom is -0.373 e. The van der Waals surface area contributed by atoms with Gasteiger partial charge in [0.15, 0.2) is 0 Å². The van der Waals surface area contributed by atoms with Crippen molar-refractivity contribution < 1.29 is 0 Å². The van der Waals surface area contributed by atoms with Gasteiger partial charge in [-0.2, -0.15) is 0 Å². The number of hydrogen-bond donors (Lipinski definition) is 1. The number of hydrogen-bond acceptors (Lipinski definition) is 3. The maximum absolute atomic E-state index is 4.52. The van der Waals surface area contributed by atoms with Crippen LogP contribution in [0.4, 0.5) is 5.82 Å². The molecule has 0 radical (unpaired) electrons. The van der Waals surface area contributed by atoms with Gasteiger partial charge >= 0.3 is 0 Å². The third-order valence-electron chi connectivity index (χ3n) is 2.93. The van der Waals surface area contributed by atoms with Crippen LogP contribution in [0.5, 0.6) is 0 Å². The molecule has 0 spiro atoms. The number of pyridine rings is 1. The van der Waals surface area contributed by atoms with Crippen LogP contribution in [-0.4, -0.2) is 30.0 Å². The van der Waals surface area contributed by atoms with Crippen molar-refractivity contribution >= 4 is 5.82 Å². The SMILES string of the molecule is CCCC(C)N(C)Cc1cccc(NC)n1. The molecule has 1 unspecified atom stereocenters. The molecule has 1 atom stereocenters. The van der Waals surface area contributed by atoms with Crippen LogP contribution < -0.4 is 5.32 Å². The van der Waals surface area contributed by atoms with Crippen molar-refractivity contribution in [3.8, 4) is 0 Å². The molecule has 1 heterocycles. The van der Waals surface area contributed by atoms with Gasteiger partial charge in [0.1, 0.15) is 5.82 Å². The van der Waals surface area contributed by atoms with Gasteiger partial charge in [-0.15, -0.1) is 0 Å². The molecule has 1 aromatic rings. The number of nitrogens with one attached hydrogen (secondary N) is 1. The molecule has 0 aliphatic heterocycles. The van der Waals surface area contributed by atoms with Crippen LogP contribution in [0.3, 0.4) is 0 Å². The van der Waals surface area contributed by atoms with E-state index in [1.54, 1.807) is 0 Å². The molecule has 0 aromatic carbocycles. The Morgan fingerprint density at radius 2 is 2.19 bits per heavy atom. The van der Waals surface area contributed by atoms with Gasteiger partial charge in [-0.05, 0) is 32.5 Å². The highest BCUT2D eigenvalue weighted by Crippen LogP contribution is 2.10. The van der Waals surface area contributed by atoms with Crippen molar-refractivity contribution in [2.75, 3.05) is 19.4 Å². The zero-order chi connectivity index (χ0) is 12.0. The fraction of sp³-hybridized carbons (Fsp3) is 0.615. The maximum Gasteiger partial charge on any atom is 0.126 e. The van der Waals surface area contributed by atoms with E-state index in [1.165, 1.54) is 12.8 Å². The Balaban J connectivity index is 2.58. The summed E-state index contributed by atoms with van der Waals surface area (Å²) in [5.74, 6) is 0.939.